The highest BCUT2D eigenvalue weighted by Gasteiger charge is 2.29. The Kier molecular flexibility index (Phi) is 15.4. The Morgan fingerprint density at radius 1 is 0.697 bits per heavy atom. The van der Waals surface area contributed by atoms with E-state index >= 15 is 0 Å². The Balaban J connectivity index is 5.42. The molecule has 13 heteroatoms. The van der Waals surface area contributed by atoms with Crippen LogP contribution in [0.5, 0.6) is 0 Å². The van der Waals surface area contributed by atoms with Crippen molar-refractivity contribution in [2.75, 3.05) is 13.1 Å². The van der Waals surface area contributed by atoms with Gasteiger partial charge in [-0.2, -0.15) is 0 Å². The first-order valence-electron chi connectivity index (χ1n) is 11.0. The zero-order valence-corrected chi connectivity index (χ0v) is 19.0. The number of rotatable bonds is 18. The Morgan fingerprint density at radius 3 is 1.55 bits per heavy atom. The molecule has 0 aliphatic carbocycles. The number of amides is 3. The highest BCUT2D eigenvalue weighted by atomic mass is 16.4. The molecule has 0 heterocycles. The van der Waals surface area contributed by atoms with E-state index < -0.39 is 60.2 Å². The summed E-state index contributed by atoms with van der Waals surface area (Å²) in [6, 6.07) is -4.42. The minimum atomic E-state index is -1.23. The van der Waals surface area contributed by atoms with E-state index in [1.54, 1.807) is 0 Å². The average Bonchev–Trinajstić information content (AvgIpc) is 2.74. The lowest BCUT2D eigenvalue weighted by Gasteiger charge is -2.25. The van der Waals surface area contributed by atoms with Crippen molar-refractivity contribution in [2.45, 2.75) is 82.5 Å². The fourth-order valence-electron chi connectivity index (χ4n) is 2.90. The number of hydrogen-bond donors (Lipinski definition) is 8. The van der Waals surface area contributed by atoms with Crippen LogP contribution in [0.3, 0.4) is 0 Å². The maximum Gasteiger partial charge on any atom is 0.326 e. The standard InChI is InChI=1S/C20H38N6O7/c1-12(23)17(29)24-14(8-9-16(27)28)19(31)25-13(6-2-4-10-21)18(30)26-15(20(32)33)7-3-5-11-22/h12-15H,2-11,21-23H2,1H3,(H,24,29)(H,25,31)(H,26,30)(H,27,28)(H,32,33). The molecule has 190 valence electrons. The van der Waals surface area contributed by atoms with Gasteiger partial charge in [0, 0.05) is 6.42 Å². The molecule has 0 radical (unpaired) electrons. The van der Waals surface area contributed by atoms with Crippen molar-refractivity contribution < 1.29 is 34.2 Å². The molecule has 0 spiro atoms. The van der Waals surface area contributed by atoms with Crippen molar-refractivity contribution in [2.24, 2.45) is 17.2 Å². The largest absolute Gasteiger partial charge is 0.481 e. The van der Waals surface area contributed by atoms with Gasteiger partial charge in [0.2, 0.25) is 17.7 Å². The molecule has 0 aliphatic rings. The smallest absolute Gasteiger partial charge is 0.326 e. The molecular weight excluding hydrogens is 436 g/mol. The molecule has 3 amide bonds. The topological polar surface area (TPSA) is 240 Å². The monoisotopic (exact) mass is 474 g/mol. The predicted molar refractivity (Wildman–Crippen MR) is 120 cm³/mol. The lowest BCUT2D eigenvalue weighted by molar-refractivity contribution is -0.142. The molecule has 11 N–H and O–H groups in total. The second-order valence-corrected chi connectivity index (χ2v) is 7.81. The molecule has 0 fully saturated rings. The van der Waals surface area contributed by atoms with E-state index in [4.69, 9.17) is 22.3 Å². The molecule has 0 bridgehead atoms. The summed E-state index contributed by atoms with van der Waals surface area (Å²) in [4.78, 5) is 60.0. The van der Waals surface area contributed by atoms with E-state index in [1.807, 2.05) is 0 Å². The summed E-state index contributed by atoms with van der Waals surface area (Å²) in [7, 11) is 0. The Hall–Kier alpha value is -2.77. The van der Waals surface area contributed by atoms with Gasteiger partial charge in [0.05, 0.1) is 6.04 Å². The molecule has 0 rings (SSSR count). The molecule has 4 unspecified atom stereocenters. The van der Waals surface area contributed by atoms with E-state index in [9.17, 15) is 29.1 Å². The summed E-state index contributed by atoms with van der Waals surface area (Å²) in [6.07, 6.45) is 1.88. The van der Waals surface area contributed by atoms with Crippen molar-refractivity contribution in [3.05, 3.63) is 0 Å². The van der Waals surface area contributed by atoms with Crippen LogP contribution in [-0.4, -0.2) is 77.1 Å². The average molecular weight is 475 g/mol. The molecule has 0 aromatic heterocycles. The third-order valence-electron chi connectivity index (χ3n) is 4.83. The Labute approximate surface area is 193 Å². The molecule has 0 aliphatic heterocycles. The third-order valence-corrected chi connectivity index (χ3v) is 4.83. The van der Waals surface area contributed by atoms with Crippen LogP contribution >= 0.6 is 0 Å². The first-order valence-corrected chi connectivity index (χ1v) is 11.0. The number of carboxylic acid groups (broad SMARTS) is 2. The van der Waals surface area contributed by atoms with Crippen LogP contribution < -0.4 is 33.2 Å². The summed E-state index contributed by atoms with van der Waals surface area (Å²) in [5, 5.41) is 25.6. The number of carboxylic acids is 2. The number of unbranched alkanes of at least 4 members (excludes halogenated alkanes) is 2. The SMILES string of the molecule is CC(N)C(=O)NC(CCC(=O)O)C(=O)NC(CCCCN)C(=O)NC(CCCCN)C(=O)O. The summed E-state index contributed by atoms with van der Waals surface area (Å²) >= 11 is 0. The van der Waals surface area contributed by atoms with Gasteiger partial charge in [0.1, 0.15) is 18.1 Å². The Morgan fingerprint density at radius 2 is 1.12 bits per heavy atom. The minimum Gasteiger partial charge on any atom is -0.481 e. The van der Waals surface area contributed by atoms with Crippen molar-refractivity contribution in [1.29, 1.82) is 0 Å². The molecular formula is C20H38N6O7. The van der Waals surface area contributed by atoms with Gasteiger partial charge in [-0.3, -0.25) is 19.2 Å². The fraction of sp³-hybridized carbons (Fsp3) is 0.750. The Bertz CT molecular complexity index is 659. The van der Waals surface area contributed by atoms with Crippen LogP contribution in [0.1, 0.15) is 58.3 Å². The lowest BCUT2D eigenvalue weighted by Crippen LogP contribution is -2.57. The van der Waals surface area contributed by atoms with Crippen molar-refractivity contribution in [1.82, 2.24) is 16.0 Å². The van der Waals surface area contributed by atoms with Crippen LogP contribution in [0, 0.1) is 0 Å². The quantitative estimate of drug-likeness (QED) is 0.102. The van der Waals surface area contributed by atoms with E-state index in [2.05, 4.69) is 16.0 Å². The molecule has 0 saturated heterocycles. The second-order valence-electron chi connectivity index (χ2n) is 7.81. The van der Waals surface area contributed by atoms with Gasteiger partial charge in [0.15, 0.2) is 0 Å². The highest BCUT2D eigenvalue weighted by Crippen LogP contribution is 2.07. The lowest BCUT2D eigenvalue weighted by atomic mass is 10.0. The summed E-state index contributed by atoms with van der Waals surface area (Å²) in [5.74, 6) is -4.50. The maximum absolute atomic E-state index is 12.8. The number of carbonyl (C=O) groups is 5. The van der Waals surface area contributed by atoms with E-state index in [0.29, 0.717) is 38.8 Å². The molecule has 4 atom stereocenters. The first-order chi connectivity index (χ1) is 15.5. The van der Waals surface area contributed by atoms with Crippen LogP contribution in [0.4, 0.5) is 0 Å². The van der Waals surface area contributed by atoms with Crippen LogP contribution in [0.2, 0.25) is 0 Å². The van der Waals surface area contributed by atoms with Crippen molar-refractivity contribution in [3.8, 4) is 0 Å². The van der Waals surface area contributed by atoms with Crippen LogP contribution in [0.25, 0.3) is 0 Å². The summed E-state index contributed by atoms with van der Waals surface area (Å²) < 4.78 is 0. The summed E-state index contributed by atoms with van der Waals surface area (Å²) in [5.41, 5.74) is 16.4. The van der Waals surface area contributed by atoms with Gasteiger partial charge in [-0.1, -0.05) is 0 Å². The first kappa shape index (κ1) is 30.2. The normalized spacial score (nSPS) is 14.4. The molecule has 13 nitrogen and oxygen atoms in total. The number of hydrogen-bond acceptors (Lipinski definition) is 8. The van der Waals surface area contributed by atoms with Crippen molar-refractivity contribution >= 4 is 29.7 Å². The van der Waals surface area contributed by atoms with E-state index in [1.165, 1.54) is 6.92 Å². The number of aliphatic carboxylic acids is 2. The molecule has 0 aromatic rings. The summed E-state index contributed by atoms with van der Waals surface area (Å²) in [6.45, 7) is 2.16. The molecule has 0 aromatic carbocycles. The van der Waals surface area contributed by atoms with E-state index in [-0.39, 0.29) is 19.3 Å². The van der Waals surface area contributed by atoms with Crippen LogP contribution in [-0.2, 0) is 24.0 Å². The minimum absolute atomic E-state index is 0.174. The van der Waals surface area contributed by atoms with Gasteiger partial charge in [0.25, 0.3) is 0 Å². The van der Waals surface area contributed by atoms with Crippen molar-refractivity contribution in [3.63, 3.8) is 0 Å². The van der Waals surface area contributed by atoms with Gasteiger partial charge < -0.3 is 43.4 Å². The van der Waals surface area contributed by atoms with Gasteiger partial charge in [-0.05, 0) is 65.0 Å². The number of nitrogens with two attached hydrogens (primary N) is 3. The zero-order valence-electron chi connectivity index (χ0n) is 19.0. The second kappa shape index (κ2) is 16.8. The maximum atomic E-state index is 12.8. The van der Waals surface area contributed by atoms with Gasteiger partial charge >= 0.3 is 11.9 Å². The van der Waals surface area contributed by atoms with Gasteiger partial charge in [-0.15, -0.1) is 0 Å². The molecule has 33 heavy (non-hydrogen) atoms. The number of nitrogens with one attached hydrogen (secondary N) is 3. The van der Waals surface area contributed by atoms with Gasteiger partial charge in [-0.25, -0.2) is 4.79 Å². The zero-order chi connectivity index (χ0) is 25.4. The highest BCUT2D eigenvalue weighted by molar-refractivity contribution is 5.94. The third kappa shape index (κ3) is 13.4. The van der Waals surface area contributed by atoms with E-state index in [0.717, 1.165) is 0 Å². The fourth-order valence-corrected chi connectivity index (χ4v) is 2.90. The molecule has 0 saturated carbocycles. The predicted octanol–water partition coefficient (Wildman–Crippen LogP) is -2.00. The number of carbonyl (C=O) groups excluding carboxylic acids is 3. The van der Waals surface area contributed by atoms with Crippen LogP contribution in [0.15, 0.2) is 0 Å².